The van der Waals surface area contributed by atoms with Gasteiger partial charge in [-0.3, -0.25) is 0 Å². The van der Waals surface area contributed by atoms with Gasteiger partial charge in [-0.05, 0) is 24.0 Å². The van der Waals surface area contributed by atoms with Crippen molar-refractivity contribution in [2.75, 3.05) is 36.5 Å². The van der Waals surface area contributed by atoms with Crippen LogP contribution < -0.4 is 10.2 Å². The molecule has 3 rings (SSSR count). The van der Waals surface area contributed by atoms with Gasteiger partial charge in [0.05, 0.1) is 13.2 Å². The number of nitrogens with one attached hydrogen (secondary N) is 1. The van der Waals surface area contributed by atoms with Crippen molar-refractivity contribution in [1.82, 2.24) is 9.97 Å². The maximum Gasteiger partial charge on any atom is 0.136 e. The summed E-state index contributed by atoms with van der Waals surface area (Å²) in [6, 6.07) is 10.4. The Labute approximate surface area is 144 Å². The predicted molar refractivity (Wildman–Crippen MR) is 98.2 cm³/mol. The van der Waals surface area contributed by atoms with E-state index in [4.69, 9.17) is 4.74 Å². The third-order valence-corrected chi connectivity index (χ3v) is 4.16. The summed E-state index contributed by atoms with van der Waals surface area (Å²) in [6.45, 7) is 11.8. The highest BCUT2D eigenvalue weighted by atomic mass is 16.5. The van der Waals surface area contributed by atoms with Crippen molar-refractivity contribution in [2.45, 2.75) is 33.1 Å². The molecule has 2 heterocycles. The zero-order chi connectivity index (χ0) is 17.2. The molecular formula is C19H26N4O. The Morgan fingerprint density at radius 1 is 1.08 bits per heavy atom. The van der Waals surface area contributed by atoms with E-state index in [0.717, 1.165) is 49.5 Å². The SMILES string of the molecule is Cc1nc(Nc2ccccc2C(C)(C)C)cc(N2CCOCC2)n1. The number of hydrogen-bond acceptors (Lipinski definition) is 5. The molecule has 0 unspecified atom stereocenters. The summed E-state index contributed by atoms with van der Waals surface area (Å²) in [5.41, 5.74) is 2.43. The summed E-state index contributed by atoms with van der Waals surface area (Å²) in [5.74, 6) is 2.57. The second-order valence-electron chi connectivity index (χ2n) is 7.18. The lowest BCUT2D eigenvalue weighted by Crippen LogP contribution is -2.36. The molecule has 0 radical (unpaired) electrons. The molecule has 0 saturated carbocycles. The molecule has 0 aliphatic carbocycles. The van der Waals surface area contributed by atoms with Crippen LogP contribution in [0.2, 0.25) is 0 Å². The van der Waals surface area contributed by atoms with Crippen LogP contribution in [0.25, 0.3) is 0 Å². The monoisotopic (exact) mass is 326 g/mol. The number of ether oxygens (including phenoxy) is 1. The minimum atomic E-state index is 0.0682. The van der Waals surface area contributed by atoms with E-state index in [0.29, 0.717) is 0 Å². The van der Waals surface area contributed by atoms with Crippen LogP contribution in [0.5, 0.6) is 0 Å². The lowest BCUT2D eigenvalue weighted by molar-refractivity contribution is 0.122. The average Bonchev–Trinajstić information content (AvgIpc) is 2.55. The number of para-hydroxylation sites is 1. The number of morpholine rings is 1. The summed E-state index contributed by atoms with van der Waals surface area (Å²) in [7, 11) is 0. The average molecular weight is 326 g/mol. The smallest absolute Gasteiger partial charge is 0.136 e. The normalized spacial score (nSPS) is 15.4. The second-order valence-corrected chi connectivity index (χ2v) is 7.18. The van der Waals surface area contributed by atoms with Gasteiger partial charge in [-0.15, -0.1) is 0 Å². The fraction of sp³-hybridized carbons (Fsp3) is 0.474. The standard InChI is InChI=1S/C19H26N4O/c1-14-20-17(13-18(21-14)23-9-11-24-12-10-23)22-16-8-6-5-7-15(16)19(2,3)4/h5-8,13H,9-12H2,1-4H3,(H,20,21,22). The molecule has 0 spiro atoms. The Hall–Kier alpha value is -2.14. The Morgan fingerprint density at radius 3 is 2.50 bits per heavy atom. The summed E-state index contributed by atoms with van der Waals surface area (Å²) in [4.78, 5) is 11.4. The van der Waals surface area contributed by atoms with Crippen LogP contribution in [0.4, 0.5) is 17.3 Å². The molecule has 1 N–H and O–H groups in total. The third kappa shape index (κ3) is 3.85. The number of aromatic nitrogens is 2. The maximum atomic E-state index is 5.43. The molecule has 1 saturated heterocycles. The molecule has 24 heavy (non-hydrogen) atoms. The Morgan fingerprint density at radius 2 is 1.79 bits per heavy atom. The lowest BCUT2D eigenvalue weighted by Gasteiger charge is -2.28. The van der Waals surface area contributed by atoms with Gasteiger partial charge in [-0.1, -0.05) is 39.0 Å². The first-order valence-corrected chi connectivity index (χ1v) is 8.48. The molecule has 1 fully saturated rings. The number of anilines is 3. The van der Waals surface area contributed by atoms with E-state index in [1.165, 1.54) is 5.56 Å². The molecule has 5 heteroatoms. The highest BCUT2D eigenvalue weighted by Gasteiger charge is 2.19. The molecule has 0 amide bonds. The van der Waals surface area contributed by atoms with Crippen LogP contribution in [0.3, 0.4) is 0 Å². The van der Waals surface area contributed by atoms with Crippen molar-refractivity contribution < 1.29 is 4.74 Å². The van der Waals surface area contributed by atoms with E-state index in [-0.39, 0.29) is 5.41 Å². The molecule has 0 bridgehead atoms. The molecule has 1 aliphatic rings. The summed E-state index contributed by atoms with van der Waals surface area (Å²) >= 11 is 0. The van der Waals surface area contributed by atoms with E-state index >= 15 is 0 Å². The van der Waals surface area contributed by atoms with Gasteiger partial charge in [0.2, 0.25) is 0 Å². The summed E-state index contributed by atoms with van der Waals surface area (Å²) in [5, 5.41) is 3.49. The van der Waals surface area contributed by atoms with E-state index in [1.807, 2.05) is 13.0 Å². The van der Waals surface area contributed by atoms with Crippen LogP contribution in [-0.4, -0.2) is 36.3 Å². The fourth-order valence-electron chi connectivity index (χ4n) is 2.95. The fourth-order valence-corrected chi connectivity index (χ4v) is 2.95. The van der Waals surface area contributed by atoms with Crippen molar-refractivity contribution in [3.8, 4) is 0 Å². The van der Waals surface area contributed by atoms with E-state index in [2.05, 4.69) is 65.2 Å². The van der Waals surface area contributed by atoms with Gasteiger partial charge >= 0.3 is 0 Å². The molecular weight excluding hydrogens is 300 g/mol. The summed E-state index contributed by atoms with van der Waals surface area (Å²) in [6.07, 6.45) is 0. The zero-order valence-electron chi connectivity index (χ0n) is 15.0. The highest BCUT2D eigenvalue weighted by Crippen LogP contribution is 2.31. The van der Waals surface area contributed by atoms with Gasteiger partial charge in [0, 0.05) is 24.8 Å². The van der Waals surface area contributed by atoms with Gasteiger partial charge in [0.1, 0.15) is 17.5 Å². The van der Waals surface area contributed by atoms with Gasteiger partial charge in [0.25, 0.3) is 0 Å². The topological polar surface area (TPSA) is 50.3 Å². The first-order chi connectivity index (χ1) is 11.4. The molecule has 1 aromatic carbocycles. The summed E-state index contributed by atoms with van der Waals surface area (Å²) < 4.78 is 5.43. The van der Waals surface area contributed by atoms with Crippen molar-refractivity contribution in [3.63, 3.8) is 0 Å². The van der Waals surface area contributed by atoms with Gasteiger partial charge < -0.3 is 15.0 Å². The van der Waals surface area contributed by atoms with Crippen molar-refractivity contribution >= 4 is 17.3 Å². The van der Waals surface area contributed by atoms with E-state index in [9.17, 15) is 0 Å². The van der Waals surface area contributed by atoms with Gasteiger partial charge in [0.15, 0.2) is 0 Å². The first-order valence-electron chi connectivity index (χ1n) is 8.48. The first kappa shape index (κ1) is 16.7. The molecule has 1 aromatic heterocycles. The van der Waals surface area contributed by atoms with Crippen LogP contribution in [0.1, 0.15) is 32.2 Å². The predicted octanol–water partition coefficient (Wildman–Crippen LogP) is 3.66. The van der Waals surface area contributed by atoms with E-state index in [1.54, 1.807) is 0 Å². The quantitative estimate of drug-likeness (QED) is 0.933. The van der Waals surface area contributed by atoms with Crippen molar-refractivity contribution in [2.24, 2.45) is 0 Å². The second kappa shape index (κ2) is 6.77. The minimum absolute atomic E-state index is 0.0682. The molecule has 0 atom stereocenters. The zero-order valence-corrected chi connectivity index (χ0v) is 15.0. The highest BCUT2D eigenvalue weighted by molar-refractivity contribution is 5.64. The van der Waals surface area contributed by atoms with Crippen LogP contribution in [0.15, 0.2) is 30.3 Å². The number of rotatable bonds is 3. The Kier molecular flexibility index (Phi) is 4.71. The number of benzene rings is 1. The van der Waals surface area contributed by atoms with Crippen LogP contribution in [-0.2, 0) is 10.2 Å². The molecule has 5 nitrogen and oxygen atoms in total. The van der Waals surface area contributed by atoms with E-state index < -0.39 is 0 Å². The molecule has 2 aromatic rings. The van der Waals surface area contributed by atoms with Crippen molar-refractivity contribution in [1.29, 1.82) is 0 Å². The number of aryl methyl sites for hydroxylation is 1. The van der Waals surface area contributed by atoms with Gasteiger partial charge in [-0.2, -0.15) is 0 Å². The third-order valence-electron chi connectivity index (χ3n) is 4.16. The van der Waals surface area contributed by atoms with Crippen LogP contribution >= 0.6 is 0 Å². The lowest BCUT2D eigenvalue weighted by atomic mass is 9.86. The van der Waals surface area contributed by atoms with Gasteiger partial charge in [-0.25, -0.2) is 9.97 Å². The van der Waals surface area contributed by atoms with Crippen LogP contribution in [0, 0.1) is 6.92 Å². The van der Waals surface area contributed by atoms with Crippen molar-refractivity contribution in [3.05, 3.63) is 41.7 Å². The molecule has 1 aliphatic heterocycles. The molecule has 128 valence electrons. The Balaban J connectivity index is 1.90. The number of hydrogen-bond donors (Lipinski definition) is 1. The number of nitrogens with zero attached hydrogens (tertiary/aromatic N) is 3. The largest absolute Gasteiger partial charge is 0.378 e. The maximum absolute atomic E-state index is 5.43. The minimum Gasteiger partial charge on any atom is -0.378 e. The Bertz CT molecular complexity index is 703.